The van der Waals surface area contributed by atoms with E-state index in [9.17, 15) is 9.59 Å². The summed E-state index contributed by atoms with van der Waals surface area (Å²) in [7, 11) is 1.78. The van der Waals surface area contributed by atoms with Crippen molar-refractivity contribution >= 4 is 22.7 Å². The molecule has 0 saturated heterocycles. The Bertz CT molecular complexity index is 251. The summed E-state index contributed by atoms with van der Waals surface area (Å²) >= 11 is 1.17. The monoisotopic (exact) mass is 245 g/mol. The molecule has 3 nitrogen and oxygen atoms in total. The highest BCUT2D eigenvalue weighted by Gasteiger charge is 2.28. The number of Topliss-reactive ketones (excluding diaryl/α,β-unsaturated/α-hetero) is 1. The van der Waals surface area contributed by atoms with Gasteiger partial charge >= 0.3 is 0 Å². The van der Waals surface area contributed by atoms with Crippen molar-refractivity contribution in [3.8, 4) is 0 Å². The molecule has 0 aromatic heterocycles. The molecule has 94 valence electrons. The van der Waals surface area contributed by atoms with Gasteiger partial charge in [0.1, 0.15) is 5.78 Å². The first-order valence-electron chi connectivity index (χ1n) is 5.69. The van der Waals surface area contributed by atoms with Crippen molar-refractivity contribution in [1.29, 1.82) is 0 Å². The fraction of sp³-hybridized carbons (Fsp3) is 0.833. The smallest absolute Gasteiger partial charge is 0.206 e. The molecule has 0 radical (unpaired) electrons. The van der Waals surface area contributed by atoms with Gasteiger partial charge in [0.25, 0.3) is 0 Å². The van der Waals surface area contributed by atoms with Gasteiger partial charge in [-0.3, -0.25) is 9.59 Å². The van der Waals surface area contributed by atoms with Gasteiger partial charge in [-0.05, 0) is 25.8 Å². The largest absolute Gasteiger partial charge is 0.310 e. The van der Waals surface area contributed by atoms with E-state index in [0.717, 1.165) is 0 Å². The maximum absolute atomic E-state index is 12.0. The normalized spacial score (nSPS) is 15.2. The summed E-state index contributed by atoms with van der Waals surface area (Å²) in [4.78, 5) is 23.4. The average molecular weight is 245 g/mol. The zero-order valence-corrected chi connectivity index (χ0v) is 11.9. The first-order chi connectivity index (χ1) is 7.31. The molecule has 0 bridgehead atoms. The van der Waals surface area contributed by atoms with Crippen LogP contribution in [0.2, 0.25) is 0 Å². The molecule has 0 amide bonds. The van der Waals surface area contributed by atoms with Crippen LogP contribution in [0.25, 0.3) is 0 Å². The molecule has 0 heterocycles. The van der Waals surface area contributed by atoms with Crippen LogP contribution in [0, 0.1) is 11.8 Å². The lowest BCUT2D eigenvalue weighted by Crippen LogP contribution is -2.39. The molecule has 0 aliphatic heterocycles. The predicted octanol–water partition coefficient (Wildman–Crippen LogP) is 2.10. The summed E-state index contributed by atoms with van der Waals surface area (Å²) in [5, 5.41) is 2.84. The number of nitrogens with one attached hydrogen (secondary N) is 1. The number of hydrogen-bond acceptors (Lipinski definition) is 4. The fourth-order valence-electron chi connectivity index (χ4n) is 1.61. The Morgan fingerprint density at radius 2 is 1.56 bits per heavy atom. The van der Waals surface area contributed by atoms with Crippen molar-refractivity contribution < 1.29 is 9.59 Å². The molecule has 16 heavy (non-hydrogen) atoms. The molecule has 0 aromatic rings. The lowest BCUT2D eigenvalue weighted by molar-refractivity contribution is -0.118. The van der Waals surface area contributed by atoms with Crippen LogP contribution in [-0.4, -0.2) is 29.2 Å². The van der Waals surface area contributed by atoms with Crippen LogP contribution in [0.15, 0.2) is 0 Å². The number of hydrogen-bond donors (Lipinski definition) is 1. The fourth-order valence-corrected chi connectivity index (χ4v) is 2.84. The second-order valence-electron chi connectivity index (χ2n) is 4.72. The van der Waals surface area contributed by atoms with Gasteiger partial charge in [-0.15, -0.1) is 0 Å². The Hall–Kier alpha value is -0.350. The first kappa shape index (κ1) is 15.7. The van der Waals surface area contributed by atoms with Gasteiger partial charge in [-0.1, -0.05) is 39.5 Å². The quantitative estimate of drug-likeness (QED) is 0.778. The topological polar surface area (TPSA) is 46.2 Å². The second kappa shape index (κ2) is 7.07. The standard InChI is InChI=1S/C12H23NO2S/c1-7(2)10(13-6)12(15)16-11(8(3)4)9(5)14/h7-8,10-11,13H,1-6H3/t10?,11-/m0/s1. The molecule has 2 atom stereocenters. The lowest BCUT2D eigenvalue weighted by Gasteiger charge is -2.22. The van der Waals surface area contributed by atoms with Crippen LogP contribution in [0.3, 0.4) is 0 Å². The number of rotatable bonds is 6. The van der Waals surface area contributed by atoms with Gasteiger partial charge in [0.15, 0.2) is 0 Å². The van der Waals surface area contributed by atoms with E-state index in [1.165, 1.54) is 11.8 Å². The van der Waals surface area contributed by atoms with E-state index < -0.39 is 0 Å². The van der Waals surface area contributed by atoms with Crippen molar-refractivity contribution in [3.05, 3.63) is 0 Å². The van der Waals surface area contributed by atoms with Crippen molar-refractivity contribution in [1.82, 2.24) is 5.32 Å². The average Bonchev–Trinajstić information content (AvgIpc) is 2.13. The number of carbonyl (C=O) groups is 2. The van der Waals surface area contributed by atoms with E-state index in [0.29, 0.717) is 0 Å². The van der Waals surface area contributed by atoms with Gasteiger partial charge in [0.2, 0.25) is 5.12 Å². The van der Waals surface area contributed by atoms with Crippen LogP contribution in [0.5, 0.6) is 0 Å². The van der Waals surface area contributed by atoms with Crippen molar-refractivity contribution in [2.45, 2.75) is 45.9 Å². The lowest BCUT2D eigenvalue weighted by atomic mass is 10.1. The maximum Gasteiger partial charge on any atom is 0.206 e. The predicted molar refractivity (Wildman–Crippen MR) is 69.6 cm³/mol. The van der Waals surface area contributed by atoms with Crippen molar-refractivity contribution in [2.24, 2.45) is 11.8 Å². The van der Waals surface area contributed by atoms with Crippen LogP contribution >= 0.6 is 11.8 Å². The van der Waals surface area contributed by atoms with Gasteiger partial charge in [-0.25, -0.2) is 0 Å². The molecule has 0 aliphatic rings. The Morgan fingerprint density at radius 1 is 1.06 bits per heavy atom. The Morgan fingerprint density at radius 3 is 1.81 bits per heavy atom. The van der Waals surface area contributed by atoms with Crippen LogP contribution in [0.1, 0.15) is 34.6 Å². The minimum absolute atomic E-state index is 0.0615. The number of thioether (sulfide) groups is 1. The van der Waals surface area contributed by atoms with Gasteiger partial charge < -0.3 is 5.32 Å². The van der Waals surface area contributed by atoms with E-state index in [1.807, 2.05) is 27.7 Å². The molecule has 1 unspecified atom stereocenters. The van der Waals surface area contributed by atoms with Gasteiger partial charge in [0.05, 0.1) is 11.3 Å². The summed E-state index contributed by atoms with van der Waals surface area (Å²) in [6, 6.07) is -0.175. The highest BCUT2D eigenvalue weighted by atomic mass is 32.2. The Kier molecular flexibility index (Phi) is 6.91. The number of likely N-dealkylation sites (N-methyl/N-ethyl adjacent to an activating group) is 1. The maximum atomic E-state index is 12.0. The minimum atomic E-state index is -0.220. The number of ketones is 1. The summed E-state index contributed by atoms with van der Waals surface area (Å²) in [6.07, 6.45) is 0. The van der Waals surface area contributed by atoms with Crippen LogP contribution < -0.4 is 5.32 Å². The van der Waals surface area contributed by atoms with E-state index in [4.69, 9.17) is 0 Å². The first-order valence-corrected chi connectivity index (χ1v) is 6.57. The zero-order chi connectivity index (χ0) is 12.9. The van der Waals surface area contributed by atoms with Gasteiger partial charge in [-0.2, -0.15) is 0 Å². The van der Waals surface area contributed by atoms with E-state index >= 15 is 0 Å². The minimum Gasteiger partial charge on any atom is -0.310 e. The molecule has 4 heteroatoms. The molecule has 0 aromatic carbocycles. The molecule has 0 saturated carbocycles. The van der Waals surface area contributed by atoms with Crippen LogP contribution in [0.4, 0.5) is 0 Å². The third kappa shape index (κ3) is 4.66. The van der Waals surface area contributed by atoms with Crippen molar-refractivity contribution in [3.63, 3.8) is 0 Å². The van der Waals surface area contributed by atoms with E-state index in [1.54, 1.807) is 14.0 Å². The molecular formula is C12H23NO2S. The summed E-state index contributed by atoms with van der Waals surface area (Å²) in [5.74, 6) is 0.507. The van der Waals surface area contributed by atoms with Crippen LogP contribution in [-0.2, 0) is 9.59 Å². The van der Waals surface area contributed by atoms with Gasteiger partial charge in [0, 0.05) is 0 Å². The highest BCUT2D eigenvalue weighted by molar-refractivity contribution is 8.14. The molecule has 0 rings (SSSR count). The van der Waals surface area contributed by atoms with E-state index in [2.05, 4.69) is 5.32 Å². The van der Waals surface area contributed by atoms with E-state index in [-0.39, 0.29) is 34.0 Å². The summed E-state index contributed by atoms with van der Waals surface area (Å²) in [5.41, 5.74) is 0. The third-order valence-electron chi connectivity index (χ3n) is 2.48. The molecule has 0 spiro atoms. The Labute approximate surface area is 103 Å². The zero-order valence-electron chi connectivity index (χ0n) is 11.0. The Balaban J connectivity index is 4.56. The second-order valence-corrected chi connectivity index (χ2v) is 5.87. The molecule has 1 N–H and O–H groups in total. The molecular weight excluding hydrogens is 222 g/mol. The summed E-state index contributed by atoms with van der Waals surface area (Å²) in [6.45, 7) is 9.48. The highest BCUT2D eigenvalue weighted by Crippen LogP contribution is 2.24. The van der Waals surface area contributed by atoms with Crippen molar-refractivity contribution in [2.75, 3.05) is 7.05 Å². The molecule has 0 fully saturated rings. The molecule has 0 aliphatic carbocycles. The SMILES string of the molecule is CNC(C(=O)S[C@H](C(C)=O)C(C)C)C(C)C. The number of carbonyl (C=O) groups excluding carboxylic acids is 2. The third-order valence-corrected chi connectivity index (χ3v) is 4.10. The summed E-state index contributed by atoms with van der Waals surface area (Å²) < 4.78 is 0.